The van der Waals surface area contributed by atoms with Gasteiger partial charge in [-0.15, -0.1) is 0 Å². The standard InChI is InChI=1S/C19H19F3N2O4/c1-12(17(26)24-14-6-4-5-13(11-14)19(20,21)22)28-18(27)15-7-2-3-8-16(15)23-9-10-25/h2-8,11-12,23,25H,9-10H2,1H3,(H,24,26)/t12-/m0/s1. The predicted octanol–water partition coefficient (Wildman–Crippen LogP) is 3.29. The maximum Gasteiger partial charge on any atom is 0.416 e. The number of carbonyl (C=O) groups excluding carboxylic acids is 2. The largest absolute Gasteiger partial charge is 0.449 e. The quantitative estimate of drug-likeness (QED) is 0.625. The van der Waals surface area contributed by atoms with Crippen LogP contribution in [0.2, 0.25) is 0 Å². The second kappa shape index (κ2) is 9.23. The summed E-state index contributed by atoms with van der Waals surface area (Å²) in [5, 5.41) is 14.0. The van der Waals surface area contributed by atoms with Gasteiger partial charge >= 0.3 is 12.1 Å². The molecule has 0 heterocycles. The zero-order chi connectivity index (χ0) is 20.7. The minimum Gasteiger partial charge on any atom is -0.449 e. The average molecular weight is 396 g/mol. The highest BCUT2D eigenvalue weighted by Gasteiger charge is 2.30. The van der Waals surface area contributed by atoms with Crippen LogP contribution in [0.15, 0.2) is 48.5 Å². The number of aliphatic hydroxyl groups excluding tert-OH is 1. The van der Waals surface area contributed by atoms with Crippen molar-refractivity contribution in [2.45, 2.75) is 19.2 Å². The van der Waals surface area contributed by atoms with Gasteiger partial charge in [0.15, 0.2) is 6.10 Å². The molecule has 2 aromatic rings. The van der Waals surface area contributed by atoms with Crippen LogP contribution < -0.4 is 10.6 Å². The van der Waals surface area contributed by atoms with Crippen LogP contribution in [0.25, 0.3) is 0 Å². The van der Waals surface area contributed by atoms with Crippen molar-refractivity contribution < 1.29 is 32.6 Å². The summed E-state index contributed by atoms with van der Waals surface area (Å²) >= 11 is 0. The first-order chi connectivity index (χ1) is 13.2. The third kappa shape index (κ3) is 5.71. The molecule has 0 unspecified atom stereocenters. The number of benzene rings is 2. The Labute approximate surface area is 159 Å². The molecule has 0 saturated carbocycles. The number of hydrogen-bond donors (Lipinski definition) is 3. The predicted molar refractivity (Wildman–Crippen MR) is 97.0 cm³/mol. The topological polar surface area (TPSA) is 87.7 Å². The SMILES string of the molecule is C[C@H](OC(=O)c1ccccc1NCCO)C(=O)Nc1cccc(C(F)(F)F)c1. The summed E-state index contributed by atoms with van der Waals surface area (Å²) in [6, 6.07) is 10.5. The van der Waals surface area contributed by atoms with Crippen LogP contribution in [0.4, 0.5) is 24.5 Å². The number of nitrogens with one attached hydrogen (secondary N) is 2. The van der Waals surface area contributed by atoms with Gasteiger partial charge in [0, 0.05) is 17.9 Å². The third-order valence-corrected chi connectivity index (χ3v) is 3.68. The molecular formula is C19H19F3N2O4. The summed E-state index contributed by atoms with van der Waals surface area (Å²) in [7, 11) is 0. The summed E-state index contributed by atoms with van der Waals surface area (Å²) in [5.41, 5.74) is -0.381. The molecule has 2 aromatic carbocycles. The molecule has 1 amide bonds. The van der Waals surface area contributed by atoms with Gasteiger partial charge in [-0.2, -0.15) is 13.2 Å². The Morgan fingerprint density at radius 3 is 2.54 bits per heavy atom. The number of aliphatic hydroxyl groups is 1. The fourth-order valence-electron chi connectivity index (χ4n) is 2.30. The molecule has 6 nitrogen and oxygen atoms in total. The van der Waals surface area contributed by atoms with Crippen molar-refractivity contribution in [3.05, 3.63) is 59.7 Å². The fourth-order valence-corrected chi connectivity index (χ4v) is 2.30. The third-order valence-electron chi connectivity index (χ3n) is 3.68. The molecule has 3 N–H and O–H groups in total. The summed E-state index contributed by atoms with van der Waals surface area (Å²) in [6.07, 6.45) is -5.78. The number of ether oxygens (including phenoxy) is 1. The molecule has 0 spiro atoms. The number of carbonyl (C=O) groups is 2. The van der Waals surface area contributed by atoms with Crippen LogP contribution >= 0.6 is 0 Å². The van der Waals surface area contributed by atoms with Crippen LogP contribution in [0.5, 0.6) is 0 Å². The normalized spacial score (nSPS) is 12.2. The summed E-state index contributed by atoms with van der Waals surface area (Å²) < 4.78 is 43.4. The number of halogens is 3. The van der Waals surface area contributed by atoms with Crippen LogP contribution in [0.3, 0.4) is 0 Å². The van der Waals surface area contributed by atoms with Crippen LogP contribution in [-0.2, 0) is 15.7 Å². The second-order valence-electron chi connectivity index (χ2n) is 5.81. The number of esters is 1. The van der Waals surface area contributed by atoms with Crippen molar-refractivity contribution in [1.29, 1.82) is 0 Å². The lowest BCUT2D eigenvalue weighted by Gasteiger charge is -2.16. The molecule has 2 rings (SSSR count). The van der Waals surface area contributed by atoms with Crippen molar-refractivity contribution >= 4 is 23.3 Å². The van der Waals surface area contributed by atoms with E-state index in [0.29, 0.717) is 5.69 Å². The van der Waals surface area contributed by atoms with Gasteiger partial charge in [0.25, 0.3) is 5.91 Å². The van der Waals surface area contributed by atoms with E-state index in [1.807, 2.05) is 0 Å². The smallest absolute Gasteiger partial charge is 0.416 e. The molecular weight excluding hydrogens is 377 g/mol. The molecule has 0 aromatic heterocycles. The first-order valence-electron chi connectivity index (χ1n) is 8.35. The zero-order valence-electron chi connectivity index (χ0n) is 14.9. The number of rotatable bonds is 7. The number of para-hydroxylation sites is 1. The molecule has 0 radical (unpaired) electrons. The molecule has 0 aliphatic rings. The highest BCUT2D eigenvalue weighted by atomic mass is 19.4. The van der Waals surface area contributed by atoms with Gasteiger partial charge in [-0.1, -0.05) is 18.2 Å². The van der Waals surface area contributed by atoms with E-state index in [2.05, 4.69) is 10.6 Å². The van der Waals surface area contributed by atoms with Crippen LogP contribution in [0, 0.1) is 0 Å². The average Bonchev–Trinajstić information content (AvgIpc) is 2.66. The minimum absolute atomic E-state index is 0.0623. The number of hydrogen-bond acceptors (Lipinski definition) is 5. The van der Waals surface area contributed by atoms with Crippen LogP contribution in [0.1, 0.15) is 22.8 Å². The van der Waals surface area contributed by atoms with Gasteiger partial charge in [0.2, 0.25) is 0 Å². The second-order valence-corrected chi connectivity index (χ2v) is 5.81. The highest BCUT2D eigenvalue weighted by Crippen LogP contribution is 2.30. The lowest BCUT2D eigenvalue weighted by molar-refractivity contribution is -0.137. The van der Waals surface area contributed by atoms with E-state index in [9.17, 15) is 22.8 Å². The van der Waals surface area contributed by atoms with Gasteiger partial charge in [-0.3, -0.25) is 4.79 Å². The molecule has 0 saturated heterocycles. The Bertz CT molecular complexity index is 840. The Balaban J connectivity index is 2.04. The molecule has 1 atom stereocenters. The van der Waals surface area contributed by atoms with Crippen molar-refractivity contribution in [3.8, 4) is 0 Å². The summed E-state index contributed by atoms with van der Waals surface area (Å²) in [4.78, 5) is 24.5. The van der Waals surface area contributed by atoms with E-state index in [0.717, 1.165) is 18.2 Å². The van der Waals surface area contributed by atoms with E-state index in [-0.39, 0.29) is 24.4 Å². The van der Waals surface area contributed by atoms with Gasteiger partial charge in [0.05, 0.1) is 17.7 Å². The number of alkyl halides is 3. The van der Waals surface area contributed by atoms with Crippen molar-refractivity contribution in [2.24, 2.45) is 0 Å². The van der Waals surface area contributed by atoms with Gasteiger partial charge in [-0.25, -0.2) is 4.79 Å². The summed E-state index contributed by atoms with van der Waals surface area (Å²) in [5.74, 6) is -1.55. The van der Waals surface area contributed by atoms with Crippen molar-refractivity contribution in [3.63, 3.8) is 0 Å². The molecule has 0 fully saturated rings. The molecule has 9 heteroatoms. The van der Waals surface area contributed by atoms with Crippen molar-refractivity contribution in [2.75, 3.05) is 23.8 Å². The van der Waals surface area contributed by atoms with Gasteiger partial charge in [0.1, 0.15) is 0 Å². The zero-order valence-corrected chi connectivity index (χ0v) is 14.9. The number of anilines is 2. The molecule has 0 aliphatic heterocycles. The van der Waals surface area contributed by atoms with E-state index in [1.54, 1.807) is 18.2 Å². The lowest BCUT2D eigenvalue weighted by Crippen LogP contribution is -2.30. The van der Waals surface area contributed by atoms with E-state index >= 15 is 0 Å². The maximum atomic E-state index is 12.7. The fraction of sp³-hybridized carbons (Fsp3) is 0.263. The molecule has 28 heavy (non-hydrogen) atoms. The Kier molecular flexibility index (Phi) is 7.00. The lowest BCUT2D eigenvalue weighted by atomic mass is 10.1. The molecule has 0 aliphatic carbocycles. The maximum absolute atomic E-state index is 12.7. The summed E-state index contributed by atoms with van der Waals surface area (Å²) in [6.45, 7) is 1.39. The van der Waals surface area contributed by atoms with Gasteiger partial charge < -0.3 is 20.5 Å². The molecule has 0 bridgehead atoms. The monoisotopic (exact) mass is 396 g/mol. The Morgan fingerprint density at radius 1 is 1.14 bits per heavy atom. The molecule has 150 valence electrons. The minimum atomic E-state index is -4.54. The van der Waals surface area contributed by atoms with Gasteiger partial charge in [-0.05, 0) is 37.3 Å². The highest BCUT2D eigenvalue weighted by molar-refractivity contribution is 5.99. The Morgan fingerprint density at radius 2 is 1.86 bits per heavy atom. The first-order valence-corrected chi connectivity index (χ1v) is 8.35. The number of amides is 1. The van der Waals surface area contributed by atoms with E-state index < -0.39 is 29.7 Å². The van der Waals surface area contributed by atoms with E-state index in [1.165, 1.54) is 19.1 Å². The van der Waals surface area contributed by atoms with Crippen molar-refractivity contribution in [1.82, 2.24) is 0 Å². The Hall–Kier alpha value is -3.07. The van der Waals surface area contributed by atoms with Crippen LogP contribution in [-0.4, -0.2) is 36.2 Å². The first kappa shape index (κ1) is 21.2. The van der Waals surface area contributed by atoms with E-state index in [4.69, 9.17) is 9.84 Å².